The predicted molar refractivity (Wildman–Crippen MR) is 111 cm³/mol. The van der Waals surface area contributed by atoms with E-state index in [4.69, 9.17) is 0 Å². The molecule has 0 atom stereocenters. The number of nitrogens with one attached hydrogen (secondary N) is 2. The van der Waals surface area contributed by atoms with E-state index in [1.54, 1.807) is 13.0 Å². The second-order valence-electron chi connectivity index (χ2n) is 7.85. The molecule has 0 saturated heterocycles. The number of benzene rings is 1. The van der Waals surface area contributed by atoms with Crippen LogP contribution in [0.5, 0.6) is 0 Å². The van der Waals surface area contributed by atoms with Crippen molar-refractivity contribution in [2.75, 3.05) is 6.54 Å². The molecule has 0 spiro atoms. The Balaban J connectivity index is 1.46. The van der Waals surface area contributed by atoms with Crippen molar-refractivity contribution in [1.29, 1.82) is 0 Å². The van der Waals surface area contributed by atoms with E-state index in [-0.39, 0.29) is 18.0 Å². The topological polar surface area (TPSA) is 100 Å². The minimum absolute atomic E-state index is 0.0978. The highest BCUT2D eigenvalue weighted by molar-refractivity contribution is 5.87. The standard InChI is InChI=1S/C22H26N4O3/c1-15-7-8-20(28)26(25-15)14-19(27)23-12-9-16-13-24-18-6-4-5-17(21(16)18)22(29)10-2-3-11-22/h4-8,13,24,29H,2-3,9-12,14H2,1H3,(H,23,27). The van der Waals surface area contributed by atoms with E-state index in [0.29, 0.717) is 18.7 Å². The highest BCUT2D eigenvalue weighted by atomic mass is 16.3. The molecule has 1 fully saturated rings. The highest BCUT2D eigenvalue weighted by Gasteiger charge is 2.34. The summed E-state index contributed by atoms with van der Waals surface area (Å²) in [7, 11) is 0. The van der Waals surface area contributed by atoms with Crippen LogP contribution in [0.25, 0.3) is 10.9 Å². The first-order valence-electron chi connectivity index (χ1n) is 10.1. The molecule has 0 aliphatic heterocycles. The Bertz CT molecular complexity index is 1090. The van der Waals surface area contributed by atoms with Crippen molar-refractivity contribution in [2.45, 2.75) is 51.2 Å². The quantitative estimate of drug-likeness (QED) is 0.596. The number of H-pyrrole nitrogens is 1. The molecule has 1 aliphatic carbocycles. The van der Waals surface area contributed by atoms with E-state index < -0.39 is 5.60 Å². The van der Waals surface area contributed by atoms with Gasteiger partial charge >= 0.3 is 0 Å². The molecule has 2 heterocycles. The van der Waals surface area contributed by atoms with Crippen molar-refractivity contribution >= 4 is 16.8 Å². The zero-order valence-corrected chi connectivity index (χ0v) is 16.6. The van der Waals surface area contributed by atoms with E-state index in [0.717, 1.165) is 47.7 Å². The van der Waals surface area contributed by atoms with Crippen LogP contribution in [0.1, 0.15) is 42.5 Å². The van der Waals surface area contributed by atoms with Gasteiger partial charge < -0.3 is 15.4 Å². The molecular formula is C22H26N4O3. The molecule has 29 heavy (non-hydrogen) atoms. The molecule has 1 saturated carbocycles. The fraction of sp³-hybridized carbons (Fsp3) is 0.409. The normalized spacial score (nSPS) is 15.7. The first-order chi connectivity index (χ1) is 14.0. The number of hydrogen-bond acceptors (Lipinski definition) is 4. The lowest BCUT2D eigenvalue weighted by atomic mass is 9.88. The number of aryl methyl sites for hydroxylation is 1. The summed E-state index contributed by atoms with van der Waals surface area (Å²) in [6, 6.07) is 9.04. The van der Waals surface area contributed by atoms with Gasteiger partial charge in [-0.15, -0.1) is 0 Å². The number of rotatable bonds is 6. The molecule has 2 aromatic heterocycles. The molecule has 3 N–H and O–H groups in total. The summed E-state index contributed by atoms with van der Waals surface area (Å²) in [5.74, 6) is -0.250. The summed E-state index contributed by atoms with van der Waals surface area (Å²) in [5, 5.41) is 19.1. The van der Waals surface area contributed by atoms with Gasteiger partial charge in [-0.25, -0.2) is 4.68 Å². The van der Waals surface area contributed by atoms with E-state index >= 15 is 0 Å². The average Bonchev–Trinajstić information content (AvgIpc) is 3.32. The van der Waals surface area contributed by atoms with E-state index in [1.165, 1.54) is 10.7 Å². The smallest absolute Gasteiger partial charge is 0.267 e. The summed E-state index contributed by atoms with van der Waals surface area (Å²) in [4.78, 5) is 27.3. The van der Waals surface area contributed by atoms with Crippen molar-refractivity contribution < 1.29 is 9.90 Å². The Kier molecular flexibility index (Phi) is 5.24. The number of nitrogens with zero attached hydrogens (tertiary/aromatic N) is 2. The van der Waals surface area contributed by atoms with Crippen LogP contribution in [-0.2, 0) is 23.4 Å². The van der Waals surface area contributed by atoms with Crippen LogP contribution in [0, 0.1) is 6.92 Å². The second kappa shape index (κ2) is 7.83. The number of fused-ring (bicyclic) bond motifs is 1. The Morgan fingerprint density at radius 1 is 1.28 bits per heavy atom. The molecule has 1 amide bonds. The first-order valence-corrected chi connectivity index (χ1v) is 10.1. The van der Waals surface area contributed by atoms with Gasteiger partial charge in [0.05, 0.1) is 11.3 Å². The van der Waals surface area contributed by atoms with Crippen LogP contribution in [0.15, 0.2) is 41.3 Å². The summed E-state index contributed by atoms with van der Waals surface area (Å²) in [6.07, 6.45) is 6.22. The Morgan fingerprint density at radius 3 is 2.86 bits per heavy atom. The highest BCUT2D eigenvalue weighted by Crippen LogP contribution is 2.42. The third-order valence-corrected chi connectivity index (χ3v) is 5.73. The molecule has 0 bridgehead atoms. The average molecular weight is 394 g/mol. The first kappa shape index (κ1) is 19.4. The number of aromatic amines is 1. The van der Waals surface area contributed by atoms with E-state index in [9.17, 15) is 14.7 Å². The van der Waals surface area contributed by atoms with Gasteiger partial charge in [-0.3, -0.25) is 9.59 Å². The predicted octanol–water partition coefficient (Wildman–Crippen LogP) is 2.15. The van der Waals surface area contributed by atoms with Crippen LogP contribution in [0.2, 0.25) is 0 Å². The van der Waals surface area contributed by atoms with Gasteiger partial charge in [-0.05, 0) is 49.4 Å². The number of carbonyl (C=O) groups excluding carboxylic acids is 1. The number of aromatic nitrogens is 3. The lowest BCUT2D eigenvalue weighted by Crippen LogP contribution is -2.34. The number of amides is 1. The van der Waals surface area contributed by atoms with Crippen molar-refractivity contribution in [3.63, 3.8) is 0 Å². The Labute approximate surface area is 168 Å². The van der Waals surface area contributed by atoms with Crippen LogP contribution in [0.4, 0.5) is 0 Å². The van der Waals surface area contributed by atoms with Gasteiger partial charge in [0, 0.05) is 29.7 Å². The van der Waals surface area contributed by atoms with Gasteiger partial charge in [0.25, 0.3) is 5.56 Å². The third-order valence-electron chi connectivity index (χ3n) is 5.73. The third kappa shape index (κ3) is 3.96. The van der Waals surface area contributed by atoms with E-state index in [2.05, 4.69) is 15.4 Å². The fourth-order valence-electron chi connectivity index (χ4n) is 4.26. The number of carbonyl (C=O) groups is 1. The number of hydrogen-bond donors (Lipinski definition) is 3. The largest absolute Gasteiger partial charge is 0.385 e. The fourth-order valence-corrected chi connectivity index (χ4v) is 4.26. The van der Waals surface area contributed by atoms with Crippen molar-refractivity contribution in [1.82, 2.24) is 20.1 Å². The molecule has 152 valence electrons. The molecular weight excluding hydrogens is 368 g/mol. The van der Waals surface area contributed by atoms with Gasteiger partial charge in [-0.2, -0.15) is 5.10 Å². The molecule has 3 aromatic rings. The Hall–Kier alpha value is -2.93. The lowest BCUT2D eigenvalue weighted by molar-refractivity contribution is -0.121. The van der Waals surface area contributed by atoms with Gasteiger partial charge in [0.15, 0.2) is 0 Å². The maximum atomic E-state index is 12.2. The molecule has 0 radical (unpaired) electrons. The Morgan fingerprint density at radius 2 is 2.07 bits per heavy atom. The monoisotopic (exact) mass is 394 g/mol. The summed E-state index contributed by atoms with van der Waals surface area (Å²) in [6.45, 7) is 2.12. The van der Waals surface area contributed by atoms with Crippen molar-refractivity contribution in [3.8, 4) is 0 Å². The van der Waals surface area contributed by atoms with Crippen LogP contribution in [-0.4, -0.2) is 32.3 Å². The van der Waals surface area contributed by atoms with Crippen LogP contribution < -0.4 is 10.9 Å². The summed E-state index contributed by atoms with van der Waals surface area (Å²) >= 11 is 0. The van der Waals surface area contributed by atoms with Gasteiger partial charge in [0.2, 0.25) is 5.91 Å². The number of aliphatic hydroxyl groups is 1. The minimum Gasteiger partial charge on any atom is -0.385 e. The van der Waals surface area contributed by atoms with Crippen molar-refractivity contribution in [2.24, 2.45) is 0 Å². The van der Waals surface area contributed by atoms with E-state index in [1.807, 2.05) is 24.4 Å². The van der Waals surface area contributed by atoms with Gasteiger partial charge in [0.1, 0.15) is 6.54 Å². The molecule has 7 heteroatoms. The van der Waals surface area contributed by atoms with Crippen LogP contribution in [0.3, 0.4) is 0 Å². The maximum absolute atomic E-state index is 12.2. The minimum atomic E-state index is -0.766. The molecule has 0 unspecified atom stereocenters. The molecule has 1 aromatic carbocycles. The molecule has 7 nitrogen and oxygen atoms in total. The zero-order chi connectivity index (χ0) is 20.4. The molecule has 4 rings (SSSR count). The van der Waals surface area contributed by atoms with Crippen LogP contribution >= 0.6 is 0 Å². The van der Waals surface area contributed by atoms with Gasteiger partial charge in [-0.1, -0.05) is 25.0 Å². The SMILES string of the molecule is Cc1ccc(=O)n(CC(=O)NCCc2c[nH]c3cccc(C4(O)CCCC4)c23)n1. The maximum Gasteiger partial charge on any atom is 0.267 e. The van der Waals surface area contributed by atoms with Crippen molar-refractivity contribution in [3.05, 3.63) is 63.7 Å². The molecule has 1 aliphatic rings. The summed E-state index contributed by atoms with van der Waals surface area (Å²) in [5.41, 5.74) is 2.68. The summed E-state index contributed by atoms with van der Waals surface area (Å²) < 4.78 is 1.17. The second-order valence-corrected chi connectivity index (χ2v) is 7.85. The zero-order valence-electron chi connectivity index (χ0n) is 16.6. The lowest BCUT2D eigenvalue weighted by Gasteiger charge is -2.24.